The Labute approximate surface area is 108 Å². The van der Waals surface area contributed by atoms with E-state index in [2.05, 4.69) is 24.4 Å². The van der Waals surface area contributed by atoms with Crippen LogP contribution in [0.3, 0.4) is 0 Å². The number of aliphatic hydroxyl groups is 1. The fourth-order valence-corrected chi connectivity index (χ4v) is 2.29. The number of hydrogen-bond donors (Lipinski definition) is 2. The van der Waals surface area contributed by atoms with Crippen molar-refractivity contribution in [2.24, 2.45) is 0 Å². The van der Waals surface area contributed by atoms with Crippen molar-refractivity contribution in [2.75, 3.05) is 24.6 Å². The second-order valence-corrected chi connectivity index (χ2v) is 4.56. The molecule has 1 fully saturated rings. The average molecular weight is 248 g/mol. The molecule has 0 bridgehead atoms. The van der Waals surface area contributed by atoms with E-state index in [0.717, 1.165) is 25.1 Å². The van der Waals surface area contributed by atoms with Crippen molar-refractivity contribution in [1.29, 1.82) is 0 Å². The smallest absolute Gasteiger partial charge is 0.245 e. The lowest BCUT2D eigenvalue weighted by Gasteiger charge is -2.29. The molecule has 1 atom stereocenters. The minimum Gasteiger partial charge on any atom is -0.394 e. The Hall–Kier alpha value is -1.55. The normalized spacial score (nSPS) is 20.4. The number of aryl methyl sites for hydroxylation is 1. The van der Waals surface area contributed by atoms with E-state index in [0.29, 0.717) is 6.54 Å². The number of carbonyl (C=O) groups excluding carboxylic acids is 1. The molecule has 1 aliphatic rings. The third kappa shape index (κ3) is 2.64. The maximum Gasteiger partial charge on any atom is 0.245 e. The van der Waals surface area contributed by atoms with Gasteiger partial charge in [-0.25, -0.2) is 0 Å². The Morgan fingerprint density at radius 2 is 2.11 bits per heavy atom. The Bertz CT molecular complexity index is 403. The third-order valence-corrected chi connectivity index (χ3v) is 3.40. The molecule has 1 heterocycles. The van der Waals surface area contributed by atoms with Gasteiger partial charge in [0, 0.05) is 18.8 Å². The Balaban J connectivity index is 2.24. The van der Waals surface area contributed by atoms with Crippen LogP contribution in [0, 0.1) is 0 Å². The van der Waals surface area contributed by atoms with Gasteiger partial charge in [-0.2, -0.15) is 0 Å². The van der Waals surface area contributed by atoms with Crippen molar-refractivity contribution in [3.8, 4) is 0 Å². The second kappa shape index (κ2) is 5.87. The predicted octanol–water partition coefficient (Wildman–Crippen LogP) is 0.936. The highest BCUT2D eigenvalue weighted by Gasteiger charge is 2.27. The van der Waals surface area contributed by atoms with Gasteiger partial charge in [0.15, 0.2) is 0 Å². The molecule has 0 spiro atoms. The minimum absolute atomic E-state index is 0.0884. The van der Waals surface area contributed by atoms with E-state index in [4.69, 9.17) is 0 Å². The van der Waals surface area contributed by atoms with E-state index in [-0.39, 0.29) is 12.5 Å². The molecule has 0 radical (unpaired) electrons. The van der Waals surface area contributed by atoms with Gasteiger partial charge in [-0.1, -0.05) is 19.1 Å². The number of rotatable bonds is 3. The highest BCUT2D eigenvalue weighted by atomic mass is 16.3. The lowest BCUT2D eigenvalue weighted by molar-refractivity contribution is -0.122. The van der Waals surface area contributed by atoms with Crippen LogP contribution in [-0.2, 0) is 11.2 Å². The quantitative estimate of drug-likeness (QED) is 0.837. The molecule has 1 aromatic carbocycles. The van der Waals surface area contributed by atoms with Crippen LogP contribution in [0.2, 0.25) is 0 Å². The third-order valence-electron chi connectivity index (χ3n) is 3.40. The van der Waals surface area contributed by atoms with Gasteiger partial charge < -0.3 is 15.3 Å². The number of aliphatic hydroxyl groups excluding tert-OH is 1. The van der Waals surface area contributed by atoms with Crippen LogP contribution in [0.4, 0.5) is 5.69 Å². The number of anilines is 1. The summed E-state index contributed by atoms with van der Waals surface area (Å²) in [6, 6.07) is 7.74. The van der Waals surface area contributed by atoms with E-state index >= 15 is 0 Å². The summed E-state index contributed by atoms with van der Waals surface area (Å²) in [5, 5.41) is 12.2. The van der Waals surface area contributed by atoms with Crippen LogP contribution >= 0.6 is 0 Å². The first kappa shape index (κ1) is 12.9. The fraction of sp³-hybridized carbons (Fsp3) is 0.500. The van der Waals surface area contributed by atoms with Gasteiger partial charge in [-0.05, 0) is 30.5 Å². The molecule has 0 aliphatic carbocycles. The van der Waals surface area contributed by atoms with E-state index in [1.165, 1.54) is 5.56 Å². The van der Waals surface area contributed by atoms with Gasteiger partial charge in [0.2, 0.25) is 5.91 Å². The first-order valence-corrected chi connectivity index (χ1v) is 6.50. The van der Waals surface area contributed by atoms with E-state index in [1.54, 1.807) is 0 Å². The van der Waals surface area contributed by atoms with Crippen molar-refractivity contribution < 1.29 is 9.90 Å². The first-order chi connectivity index (χ1) is 8.76. The van der Waals surface area contributed by atoms with Crippen molar-refractivity contribution in [3.05, 3.63) is 29.8 Å². The summed E-state index contributed by atoms with van der Waals surface area (Å²) in [6.07, 6.45) is 1.90. The van der Waals surface area contributed by atoms with Crippen LogP contribution in [0.25, 0.3) is 0 Å². The topological polar surface area (TPSA) is 52.6 Å². The number of benzene rings is 1. The summed E-state index contributed by atoms with van der Waals surface area (Å²) in [4.78, 5) is 13.8. The Morgan fingerprint density at radius 1 is 1.39 bits per heavy atom. The largest absolute Gasteiger partial charge is 0.394 e. The average Bonchev–Trinajstić information content (AvgIpc) is 2.60. The van der Waals surface area contributed by atoms with Crippen LogP contribution in [0.15, 0.2) is 24.3 Å². The molecule has 4 heteroatoms. The molecule has 98 valence electrons. The number of hydrogen-bond acceptors (Lipinski definition) is 3. The highest BCUT2D eigenvalue weighted by molar-refractivity contribution is 5.85. The predicted molar refractivity (Wildman–Crippen MR) is 71.7 cm³/mol. The summed E-state index contributed by atoms with van der Waals surface area (Å²) in [6.45, 7) is 3.43. The maximum absolute atomic E-state index is 11.8. The van der Waals surface area contributed by atoms with Crippen molar-refractivity contribution in [1.82, 2.24) is 5.32 Å². The van der Waals surface area contributed by atoms with Crippen LogP contribution in [0.5, 0.6) is 0 Å². The second-order valence-electron chi connectivity index (χ2n) is 4.56. The summed E-state index contributed by atoms with van der Waals surface area (Å²) in [5.41, 5.74) is 2.28. The van der Waals surface area contributed by atoms with Gasteiger partial charge in [-0.15, -0.1) is 0 Å². The molecule has 1 aromatic rings. The highest BCUT2D eigenvalue weighted by Crippen LogP contribution is 2.20. The number of nitrogens with zero attached hydrogens (tertiary/aromatic N) is 1. The van der Waals surface area contributed by atoms with Crippen molar-refractivity contribution in [2.45, 2.75) is 25.8 Å². The Morgan fingerprint density at radius 3 is 2.72 bits per heavy atom. The summed E-state index contributed by atoms with van der Waals surface area (Å²) < 4.78 is 0. The Kier molecular flexibility index (Phi) is 4.20. The molecule has 1 saturated heterocycles. The number of amides is 1. The van der Waals surface area contributed by atoms with Gasteiger partial charge in [-0.3, -0.25) is 4.79 Å². The molecular weight excluding hydrogens is 228 g/mol. The molecule has 0 saturated carbocycles. The van der Waals surface area contributed by atoms with Gasteiger partial charge in [0.25, 0.3) is 0 Å². The van der Waals surface area contributed by atoms with Crippen molar-refractivity contribution >= 4 is 11.6 Å². The SMILES string of the molecule is CCc1ccc(N2CCCNC(=O)C2CO)cc1. The van der Waals surface area contributed by atoms with Gasteiger partial charge in [0.1, 0.15) is 6.04 Å². The zero-order valence-corrected chi connectivity index (χ0v) is 10.7. The number of carbonyl (C=O) groups is 1. The molecule has 2 N–H and O–H groups in total. The van der Waals surface area contributed by atoms with Gasteiger partial charge in [0.05, 0.1) is 6.61 Å². The summed E-state index contributed by atoms with van der Waals surface area (Å²) in [7, 11) is 0. The molecule has 2 rings (SSSR count). The first-order valence-electron chi connectivity index (χ1n) is 6.50. The van der Waals surface area contributed by atoms with Crippen LogP contribution in [0.1, 0.15) is 18.9 Å². The van der Waals surface area contributed by atoms with Crippen LogP contribution in [-0.4, -0.2) is 36.8 Å². The summed E-state index contributed by atoms with van der Waals surface area (Å²) >= 11 is 0. The molecule has 1 unspecified atom stereocenters. The molecule has 1 amide bonds. The minimum atomic E-state index is -0.472. The van der Waals surface area contributed by atoms with Gasteiger partial charge >= 0.3 is 0 Å². The molecule has 1 aliphatic heterocycles. The maximum atomic E-state index is 11.8. The summed E-state index contributed by atoms with van der Waals surface area (Å²) in [5.74, 6) is -0.0884. The molecular formula is C14H20N2O2. The lowest BCUT2D eigenvalue weighted by Crippen LogP contribution is -2.46. The zero-order chi connectivity index (χ0) is 13.0. The lowest BCUT2D eigenvalue weighted by atomic mass is 10.1. The van der Waals surface area contributed by atoms with Crippen LogP contribution < -0.4 is 10.2 Å². The van der Waals surface area contributed by atoms with Crippen molar-refractivity contribution in [3.63, 3.8) is 0 Å². The van der Waals surface area contributed by atoms with E-state index in [1.807, 2.05) is 17.0 Å². The number of nitrogens with one attached hydrogen (secondary N) is 1. The standard InChI is InChI=1S/C14H20N2O2/c1-2-11-4-6-12(7-5-11)16-9-3-8-15-14(18)13(16)10-17/h4-7,13,17H,2-3,8-10H2,1H3,(H,15,18). The monoisotopic (exact) mass is 248 g/mol. The van der Waals surface area contributed by atoms with E-state index in [9.17, 15) is 9.90 Å². The van der Waals surface area contributed by atoms with E-state index < -0.39 is 6.04 Å². The molecule has 0 aromatic heterocycles. The molecule has 18 heavy (non-hydrogen) atoms. The zero-order valence-electron chi connectivity index (χ0n) is 10.7. The molecule has 4 nitrogen and oxygen atoms in total. The fourth-order valence-electron chi connectivity index (χ4n) is 2.29.